The highest BCUT2D eigenvalue weighted by Crippen LogP contribution is 1.95. The van der Waals surface area contributed by atoms with Gasteiger partial charge in [-0.25, -0.2) is 4.79 Å². The molecule has 6 N–H and O–H groups in total. The van der Waals surface area contributed by atoms with E-state index in [0.717, 1.165) is 0 Å². The summed E-state index contributed by atoms with van der Waals surface area (Å²) >= 11 is 0. The first-order valence-electron chi connectivity index (χ1n) is 4.91. The Morgan fingerprint density at radius 1 is 1.00 bits per heavy atom. The van der Waals surface area contributed by atoms with Crippen LogP contribution in [0.25, 0.3) is 0 Å². The van der Waals surface area contributed by atoms with Gasteiger partial charge in [-0.2, -0.15) is 0 Å². The fourth-order valence-electron chi connectivity index (χ4n) is 0.661. The maximum atomic E-state index is 9.99. The van der Waals surface area contributed by atoms with E-state index >= 15 is 0 Å². The normalized spacial score (nSPS) is 10.6. The number of carboxylic acid groups (broad SMARTS) is 4. The minimum absolute atomic E-state index is 0.0231. The molecule has 9 nitrogen and oxygen atoms in total. The lowest BCUT2D eigenvalue weighted by molar-refractivity contribution is -0.140. The summed E-state index contributed by atoms with van der Waals surface area (Å²) in [4.78, 5) is 39.5. The first-order valence-corrected chi connectivity index (χ1v) is 4.91. The molecule has 0 aliphatic rings. The molecule has 0 aromatic carbocycles. The highest BCUT2D eigenvalue weighted by atomic mass is 16.4. The van der Waals surface area contributed by atoms with Crippen molar-refractivity contribution in [3.63, 3.8) is 0 Å². The maximum absolute atomic E-state index is 9.99. The molecule has 0 amide bonds. The van der Waals surface area contributed by atoms with Crippen LogP contribution in [-0.4, -0.2) is 50.3 Å². The Kier molecular flexibility index (Phi) is 9.56. The van der Waals surface area contributed by atoms with E-state index in [2.05, 4.69) is 6.58 Å². The lowest BCUT2D eigenvalue weighted by Gasteiger charge is -2.01. The van der Waals surface area contributed by atoms with Crippen LogP contribution in [-0.2, 0) is 19.2 Å². The smallest absolute Gasteiger partial charge is 0.331 e. The zero-order valence-corrected chi connectivity index (χ0v) is 9.90. The van der Waals surface area contributed by atoms with E-state index in [1.807, 2.05) is 0 Å². The second-order valence-electron chi connectivity index (χ2n) is 3.36. The van der Waals surface area contributed by atoms with Crippen LogP contribution < -0.4 is 5.73 Å². The van der Waals surface area contributed by atoms with Crippen molar-refractivity contribution in [3.05, 3.63) is 12.2 Å². The number of carboxylic acids is 4. The van der Waals surface area contributed by atoms with Crippen LogP contribution in [0.3, 0.4) is 0 Å². The Balaban J connectivity index is 0. The zero-order valence-electron chi connectivity index (χ0n) is 9.90. The number of carbonyl (C=O) groups is 4. The fraction of sp³-hybridized carbons (Fsp3) is 0.400. The number of rotatable bonds is 7. The number of hydrogen-bond acceptors (Lipinski definition) is 5. The van der Waals surface area contributed by atoms with Gasteiger partial charge in [0.1, 0.15) is 6.04 Å². The van der Waals surface area contributed by atoms with Gasteiger partial charge in [0, 0.05) is 12.0 Å². The Morgan fingerprint density at radius 3 is 1.68 bits per heavy atom. The van der Waals surface area contributed by atoms with Gasteiger partial charge in [0.2, 0.25) is 0 Å². The summed E-state index contributed by atoms with van der Waals surface area (Å²) in [7, 11) is 0. The lowest BCUT2D eigenvalue weighted by atomic mass is 10.2. The molecule has 19 heavy (non-hydrogen) atoms. The molecule has 0 aromatic rings. The Hall–Kier alpha value is -2.42. The maximum Gasteiger partial charge on any atom is 0.331 e. The van der Waals surface area contributed by atoms with Gasteiger partial charge in [0.15, 0.2) is 0 Å². The van der Waals surface area contributed by atoms with Gasteiger partial charge in [-0.1, -0.05) is 6.58 Å². The third kappa shape index (κ3) is 13.5. The third-order valence-electron chi connectivity index (χ3n) is 1.65. The van der Waals surface area contributed by atoms with Gasteiger partial charge in [-0.15, -0.1) is 0 Å². The lowest BCUT2D eigenvalue weighted by Crippen LogP contribution is -2.30. The van der Waals surface area contributed by atoms with Crippen molar-refractivity contribution in [3.8, 4) is 0 Å². The Bertz CT molecular complexity index is 376. The molecule has 0 aliphatic carbocycles. The van der Waals surface area contributed by atoms with E-state index < -0.39 is 36.3 Å². The van der Waals surface area contributed by atoms with Crippen LogP contribution in [0.15, 0.2) is 12.2 Å². The predicted octanol–water partition coefficient (Wildman–Crippen LogP) is -0.635. The van der Waals surface area contributed by atoms with E-state index in [9.17, 15) is 19.2 Å². The summed E-state index contributed by atoms with van der Waals surface area (Å²) < 4.78 is 0. The van der Waals surface area contributed by atoms with E-state index in [1.165, 1.54) is 0 Å². The quantitative estimate of drug-likeness (QED) is 0.379. The zero-order chi connectivity index (χ0) is 15.6. The molecule has 0 bridgehead atoms. The molecular weight excluding hydrogens is 262 g/mol. The van der Waals surface area contributed by atoms with Crippen LogP contribution in [0, 0.1) is 0 Å². The minimum Gasteiger partial charge on any atom is -0.481 e. The molecule has 0 saturated heterocycles. The summed E-state index contributed by atoms with van der Waals surface area (Å²) in [6, 6.07) is -1.06. The van der Waals surface area contributed by atoms with Gasteiger partial charge in [-0.3, -0.25) is 14.4 Å². The van der Waals surface area contributed by atoms with E-state index in [4.69, 9.17) is 26.2 Å². The third-order valence-corrected chi connectivity index (χ3v) is 1.65. The highest BCUT2D eigenvalue weighted by molar-refractivity contribution is 5.91. The first kappa shape index (κ1) is 18.9. The molecule has 1 atom stereocenters. The SMILES string of the molecule is C=C(CC(=O)O)C(=O)O.N[C@@H](CCC(=O)O)C(=O)O. The molecule has 0 radical (unpaired) electrons. The van der Waals surface area contributed by atoms with Gasteiger partial charge < -0.3 is 26.2 Å². The van der Waals surface area contributed by atoms with Gasteiger partial charge >= 0.3 is 23.9 Å². The van der Waals surface area contributed by atoms with Crippen LogP contribution in [0.2, 0.25) is 0 Å². The van der Waals surface area contributed by atoms with Crippen molar-refractivity contribution in [2.45, 2.75) is 25.3 Å². The summed E-state index contributed by atoms with van der Waals surface area (Å²) in [5, 5.41) is 32.3. The number of nitrogens with two attached hydrogens (primary N) is 1. The van der Waals surface area contributed by atoms with Crippen molar-refractivity contribution in [1.29, 1.82) is 0 Å². The molecule has 0 spiro atoms. The summed E-state index contributed by atoms with van der Waals surface area (Å²) in [6.07, 6.45) is -0.729. The summed E-state index contributed by atoms with van der Waals surface area (Å²) in [5.74, 6) is -4.64. The van der Waals surface area contributed by atoms with Crippen molar-refractivity contribution in [2.24, 2.45) is 5.73 Å². The largest absolute Gasteiger partial charge is 0.481 e. The van der Waals surface area contributed by atoms with E-state index in [1.54, 1.807) is 0 Å². The number of hydrogen-bond donors (Lipinski definition) is 5. The van der Waals surface area contributed by atoms with Gasteiger partial charge in [0.25, 0.3) is 0 Å². The summed E-state index contributed by atoms with van der Waals surface area (Å²) in [5.41, 5.74) is 4.70. The molecule has 108 valence electrons. The van der Waals surface area contributed by atoms with Gasteiger partial charge in [0.05, 0.1) is 6.42 Å². The van der Waals surface area contributed by atoms with E-state index in [-0.39, 0.29) is 18.4 Å². The number of aliphatic carboxylic acids is 4. The average molecular weight is 277 g/mol. The molecule has 0 fully saturated rings. The monoisotopic (exact) mass is 277 g/mol. The van der Waals surface area contributed by atoms with E-state index in [0.29, 0.717) is 0 Å². The molecule has 0 saturated carbocycles. The molecule has 0 unspecified atom stereocenters. The van der Waals surface area contributed by atoms with Crippen molar-refractivity contribution in [1.82, 2.24) is 0 Å². The van der Waals surface area contributed by atoms with Crippen molar-refractivity contribution >= 4 is 23.9 Å². The molecule has 0 aliphatic heterocycles. The van der Waals surface area contributed by atoms with Crippen LogP contribution in [0.5, 0.6) is 0 Å². The Labute approximate surface area is 108 Å². The predicted molar refractivity (Wildman–Crippen MR) is 61.5 cm³/mol. The molecular formula is C10H15NO8. The standard InChI is InChI=1S/C5H9NO4.C5H6O4/c6-3(5(9)10)1-2-4(7)8;1-3(5(8)9)2-4(6)7/h3H,1-2,6H2,(H,7,8)(H,9,10);1-2H2,(H,6,7)(H,8,9)/t3-;/m0./s1. The average Bonchev–Trinajstić information content (AvgIpc) is 2.25. The van der Waals surface area contributed by atoms with Crippen LogP contribution in [0.1, 0.15) is 19.3 Å². The molecule has 0 rings (SSSR count). The van der Waals surface area contributed by atoms with Crippen LogP contribution >= 0.6 is 0 Å². The topological polar surface area (TPSA) is 175 Å². The molecule has 0 aromatic heterocycles. The Morgan fingerprint density at radius 2 is 1.47 bits per heavy atom. The molecule has 9 heteroatoms. The van der Waals surface area contributed by atoms with Crippen molar-refractivity contribution in [2.75, 3.05) is 0 Å². The minimum atomic E-state index is -1.27. The van der Waals surface area contributed by atoms with Crippen molar-refractivity contribution < 1.29 is 39.6 Å². The molecule has 0 heterocycles. The summed E-state index contributed by atoms with van der Waals surface area (Å²) in [6.45, 7) is 3.01. The second-order valence-corrected chi connectivity index (χ2v) is 3.36. The second kappa shape index (κ2) is 9.59. The van der Waals surface area contributed by atoms with Gasteiger partial charge in [-0.05, 0) is 6.42 Å². The fourth-order valence-corrected chi connectivity index (χ4v) is 0.661. The highest BCUT2D eigenvalue weighted by Gasteiger charge is 2.12. The van der Waals surface area contributed by atoms with Crippen LogP contribution in [0.4, 0.5) is 0 Å². The first-order chi connectivity index (χ1) is 8.57.